The molecule has 1 heterocycles. The highest BCUT2D eigenvalue weighted by Gasteiger charge is 2.21. The lowest BCUT2D eigenvalue weighted by molar-refractivity contribution is 0.101. The second-order valence-corrected chi connectivity index (χ2v) is 6.84. The first-order valence-electron chi connectivity index (χ1n) is 8.25. The first kappa shape index (κ1) is 16.4. The number of aliphatic hydroxyl groups is 1. The number of rotatable bonds is 4. The molecule has 2 amide bonds. The van der Waals surface area contributed by atoms with Crippen molar-refractivity contribution in [2.24, 2.45) is 5.92 Å². The normalized spacial score (nSPS) is 23.0. The Morgan fingerprint density at radius 2 is 2.22 bits per heavy atom. The summed E-state index contributed by atoms with van der Waals surface area (Å²) in [7, 11) is 0. The smallest absolute Gasteiger partial charge is 0.315 e. The third-order valence-corrected chi connectivity index (χ3v) is 4.79. The lowest BCUT2D eigenvalue weighted by Crippen LogP contribution is -2.39. The molecule has 0 aromatic heterocycles. The third kappa shape index (κ3) is 4.30. The van der Waals surface area contributed by atoms with E-state index in [9.17, 15) is 9.90 Å². The van der Waals surface area contributed by atoms with Crippen LogP contribution in [0.5, 0.6) is 5.75 Å². The molecule has 2 aliphatic rings. The van der Waals surface area contributed by atoms with Gasteiger partial charge in [0.1, 0.15) is 5.75 Å². The summed E-state index contributed by atoms with van der Waals surface area (Å²) in [6, 6.07) is 3.56. The van der Waals surface area contributed by atoms with Crippen LogP contribution in [0.2, 0.25) is 5.02 Å². The van der Waals surface area contributed by atoms with Crippen molar-refractivity contribution in [3.05, 3.63) is 28.3 Å². The van der Waals surface area contributed by atoms with Crippen molar-refractivity contribution in [2.75, 3.05) is 13.2 Å². The molecule has 0 unspecified atom stereocenters. The maximum atomic E-state index is 12.0. The molecular formula is C17H23ClN2O3. The Balaban J connectivity index is 1.48. The van der Waals surface area contributed by atoms with Crippen LogP contribution in [0.4, 0.5) is 4.79 Å². The van der Waals surface area contributed by atoms with Crippen LogP contribution >= 0.6 is 11.6 Å². The summed E-state index contributed by atoms with van der Waals surface area (Å²) in [5, 5.41) is 16.1. The fraction of sp³-hybridized carbons (Fsp3) is 0.588. The predicted molar refractivity (Wildman–Crippen MR) is 88.9 cm³/mol. The average Bonchev–Trinajstić information content (AvgIpc) is 2.99. The summed E-state index contributed by atoms with van der Waals surface area (Å²) in [6.45, 7) is 1.66. The summed E-state index contributed by atoms with van der Waals surface area (Å²) in [5.74, 6) is 1.22. The molecule has 23 heavy (non-hydrogen) atoms. The molecule has 0 spiro atoms. The van der Waals surface area contributed by atoms with E-state index in [1.165, 1.54) is 0 Å². The molecule has 126 valence electrons. The fourth-order valence-electron chi connectivity index (χ4n) is 3.40. The van der Waals surface area contributed by atoms with Crippen molar-refractivity contribution in [1.82, 2.24) is 10.6 Å². The van der Waals surface area contributed by atoms with Crippen molar-refractivity contribution in [1.29, 1.82) is 0 Å². The zero-order valence-electron chi connectivity index (χ0n) is 13.1. The molecule has 3 N–H and O–H groups in total. The van der Waals surface area contributed by atoms with E-state index in [0.29, 0.717) is 30.6 Å². The van der Waals surface area contributed by atoms with Gasteiger partial charge in [0.2, 0.25) is 0 Å². The van der Waals surface area contributed by atoms with Crippen LogP contribution in [0.1, 0.15) is 36.8 Å². The number of carbonyl (C=O) groups is 1. The molecule has 5 nitrogen and oxygen atoms in total. The van der Waals surface area contributed by atoms with Gasteiger partial charge in [0.15, 0.2) is 0 Å². The van der Waals surface area contributed by atoms with Gasteiger partial charge in [-0.2, -0.15) is 0 Å². The minimum absolute atomic E-state index is 0.197. The van der Waals surface area contributed by atoms with Crippen LogP contribution in [0, 0.1) is 5.92 Å². The minimum Gasteiger partial charge on any atom is -0.493 e. The summed E-state index contributed by atoms with van der Waals surface area (Å²) in [4.78, 5) is 12.0. The van der Waals surface area contributed by atoms with Crippen molar-refractivity contribution in [3.63, 3.8) is 0 Å². The van der Waals surface area contributed by atoms with Crippen LogP contribution in [0.25, 0.3) is 0 Å². The molecule has 1 aromatic carbocycles. The Kier molecular flexibility index (Phi) is 5.28. The van der Waals surface area contributed by atoms with E-state index < -0.39 is 0 Å². The highest BCUT2D eigenvalue weighted by Crippen LogP contribution is 2.32. The van der Waals surface area contributed by atoms with E-state index in [-0.39, 0.29) is 12.1 Å². The van der Waals surface area contributed by atoms with Crippen molar-refractivity contribution in [2.45, 2.75) is 44.8 Å². The molecule has 1 aliphatic carbocycles. The lowest BCUT2D eigenvalue weighted by atomic mass is 9.87. The van der Waals surface area contributed by atoms with Gasteiger partial charge in [-0.25, -0.2) is 4.79 Å². The van der Waals surface area contributed by atoms with E-state index in [0.717, 1.165) is 49.0 Å². The van der Waals surface area contributed by atoms with Crippen molar-refractivity contribution < 1.29 is 14.6 Å². The highest BCUT2D eigenvalue weighted by atomic mass is 35.5. The number of hydrogen-bond acceptors (Lipinski definition) is 3. The molecule has 1 aliphatic heterocycles. The van der Waals surface area contributed by atoms with Crippen molar-refractivity contribution in [3.8, 4) is 5.75 Å². The molecule has 2 atom stereocenters. The minimum atomic E-state index is -0.218. The summed E-state index contributed by atoms with van der Waals surface area (Å²) >= 11 is 6.11. The highest BCUT2D eigenvalue weighted by molar-refractivity contribution is 6.30. The molecule has 0 saturated heterocycles. The Bertz CT molecular complexity index is 579. The standard InChI is InChI=1S/C17H23ClN2O3/c18-14-7-12-4-5-23-16(12)13(8-14)10-20-17(22)19-9-11-2-1-3-15(21)6-11/h7-8,11,15,21H,1-6,9-10H2,(H2,19,20,22)/t11-,15-/m0/s1. The number of halogens is 1. The summed E-state index contributed by atoms with van der Waals surface area (Å²) in [5.41, 5.74) is 2.01. The van der Waals surface area contributed by atoms with Gasteiger partial charge in [0.25, 0.3) is 0 Å². The van der Waals surface area contributed by atoms with Gasteiger partial charge in [-0.1, -0.05) is 18.0 Å². The van der Waals surface area contributed by atoms with Crippen LogP contribution in [0.3, 0.4) is 0 Å². The van der Waals surface area contributed by atoms with Gasteiger partial charge in [-0.15, -0.1) is 0 Å². The molecule has 0 bridgehead atoms. The number of amides is 2. The molecule has 6 heteroatoms. The predicted octanol–water partition coefficient (Wildman–Crippen LogP) is 2.63. The Labute approximate surface area is 141 Å². The zero-order chi connectivity index (χ0) is 16.2. The van der Waals surface area contributed by atoms with Gasteiger partial charge in [0, 0.05) is 30.1 Å². The molecule has 1 saturated carbocycles. The van der Waals surface area contributed by atoms with Crippen LogP contribution in [0.15, 0.2) is 12.1 Å². The fourth-order valence-corrected chi connectivity index (χ4v) is 3.66. The van der Waals surface area contributed by atoms with Gasteiger partial charge in [0.05, 0.1) is 12.7 Å². The molecule has 1 aromatic rings. The molecular weight excluding hydrogens is 316 g/mol. The van der Waals surface area contributed by atoms with E-state index >= 15 is 0 Å². The number of urea groups is 1. The van der Waals surface area contributed by atoms with Gasteiger partial charge >= 0.3 is 6.03 Å². The topological polar surface area (TPSA) is 70.6 Å². The molecule has 1 fully saturated rings. The third-order valence-electron chi connectivity index (χ3n) is 4.57. The first-order valence-corrected chi connectivity index (χ1v) is 8.63. The second-order valence-electron chi connectivity index (χ2n) is 6.40. The number of ether oxygens (including phenoxy) is 1. The van der Waals surface area contributed by atoms with E-state index in [2.05, 4.69) is 10.6 Å². The van der Waals surface area contributed by atoms with Gasteiger partial charge in [-0.05, 0) is 42.9 Å². The van der Waals surface area contributed by atoms with Gasteiger partial charge in [-0.3, -0.25) is 0 Å². The maximum absolute atomic E-state index is 12.0. The number of carbonyl (C=O) groups excluding carboxylic acids is 1. The van der Waals surface area contributed by atoms with Gasteiger partial charge < -0.3 is 20.5 Å². The molecule has 0 radical (unpaired) electrons. The average molecular weight is 339 g/mol. The number of fused-ring (bicyclic) bond motifs is 1. The molecule has 3 rings (SSSR count). The Hall–Kier alpha value is -1.46. The zero-order valence-corrected chi connectivity index (χ0v) is 13.9. The number of aliphatic hydroxyl groups excluding tert-OH is 1. The SMILES string of the molecule is O=C(NCc1cc(Cl)cc2c1OCC2)NC[C@H]1CCC[C@H](O)C1. The van der Waals surface area contributed by atoms with Crippen LogP contribution < -0.4 is 15.4 Å². The van der Waals surface area contributed by atoms with Crippen LogP contribution in [-0.2, 0) is 13.0 Å². The number of hydrogen-bond donors (Lipinski definition) is 3. The first-order chi connectivity index (χ1) is 11.1. The summed E-state index contributed by atoms with van der Waals surface area (Å²) < 4.78 is 5.63. The quantitative estimate of drug-likeness (QED) is 0.790. The monoisotopic (exact) mass is 338 g/mol. The van der Waals surface area contributed by atoms with E-state index in [1.807, 2.05) is 12.1 Å². The Morgan fingerprint density at radius 3 is 3.04 bits per heavy atom. The van der Waals surface area contributed by atoms with Crippen LogP contribution in [-0.4, -0.2) is 30.4 Å². The lowest BCUT2D eigenvalue weighted by Gasteiger charge is -2.25. The number of benzene rings is 1. The van der Waals surface area contributed by atoms with Crippen molar-refractivity contribution >= 4 is 17.6 Å². The van der Waals surface area contributed by atoms with E-state index in [1.54, 1.807) is 0 Å². The second kappa shape index (κ2) is 7.41. The van der Waals surface area contributed by atoms with E-state index in [4.69, 9.17) is 16.3 Å². The Morgan fingerprint density at radius 1 is 1.35 bits per heavy atom. The summed E-state index contributed by atoms with van der Waals surface area (Å²) in [6.07, 6.45) is 4.39. The number of nitrogens with one attached hydrogen (secondary N) is 2. The maximum Gasteiger partial charge on any atom is 0.315 e. The largest absolute Gasteiger partial charge is 0.493 e.